The minimum Gasteiger partial charge on any atom is -0.467 e. The average molecular weight is 296 g/mol. The van der Waals surface area contributed by atoms with E-state index in [1.807, 2.05) is 0 Å². The largest absolute Gasteiger partial charge is 0.467 e. The molecule has 2 unspecified atom stereocenters. The zero-order valence-electron chi connectivity index (χ0n) is 12.5. The van der Waals surface area contributed by atoms with Gasteiger partial charge in [-0.05, 0) is 38.5 Å². The molecule has 6 nitrogen and oxygen atoms in total. The quantitative estimate of drug-likeness (QED) is 0.811. The summed E-state index contributed by atoms with van der Waals surface area (Å²) in [5.41, 5.74) is 0.00438. The first-order valence-corrected chi connectivity index (χ1v) is 6.43. The number of esters is 2. The molecule has 21 heavy (non-hydrogen) atoms. The number of hydrogen-bond acceptors (Lipinski definition) is 6. The first-order valence-electron chi connectivity index (χ1n) is 6.43. The molecule has 1 aromatic rings. The Labute approximate surface area is 123 Å². The fourth-order valence-corrected chi connectivity index (χ4v) is 1.59. The summed E-state index contributed by atoms with van der Waals surface area (Å²) in [6.07, 6.45) is -3.10. The lowest BCUT2D eigenvalue weighted by molar-refractivity contribution is -0.156. The molecule has 1 rings (SSSR count). The molecule has 6 heteroatoms. The van der Waals surface area contributed by atoms with Crippen LogP contribution in [0.1, 0.15) is 42.8 Å². The maximum atomic E-state index is 11.8. The molecule has 0 aliphatic heterocycles. The highest BCUT2D eigenvalue weighted by molar-refractivity contribution is 5.89. The summed E-state index contributed by atoms with van der Waals surface area (Å²) in [5.74, 6) is -1.42. The third-order valence-electron chi connectivity index (χ3n) is 2.63. The molecule has 116 valence electrons. The molecule has 0 saturated carbocycles. The molecular formula is C15H20O6. The number of aliphatic hydroxyl groups excluding tert-OH is 2. The van der Waals surface area contributed by atoms with Crippen molar-refractivity contribution in [2.24, 2.45) is 0 Å². The van der Waals surface area contributed by atoms with Crippen molar-refractivity contribution in [1.82, 2.24) is 0 Å². The van der Waals surface area contributed by atoms with Crippen LogP contribution in [0.3, 0.4) is 0 Å². The minimum atomic E-state index is -1.68. The third-order valence-corrected chi connectivity index (χ3v) is 2.63. The Balaban J connectivity index is 2.83. The molecule has 0 amide bonds. The molecule has 0 saturated heterocycles. The second-order valence-corrected chi connectivity index (χ2v) is 5.54. The number of carbonyl (C=O) groups is 2. The number of ether oxygens (including phenoxy) is 2. The molecular weight excluding hydrogens is 276 g/mol. The Kier molecular flexibility index (Phi) is 5.46. The predicted octanol–water partition coefficient (Wildman–Crippen LogP) is 1.21. The lowest BCUT2D eigenvalue weighted by Crippen LogP contribution is -2.29. The lowest BCUT2D eigenvalue weighted by Gasteiger charge is -2.20. The topological polar surface area (TPSA) is 93.1 Å². The molecule has 0 bridgehead atoms. The van der Waals surface area contributed by atoms with Crippen LogP contribution in [-0.4, -0.2) is 41.0 Å². The van der Waals surface area contributed by atoms with Crippen molar-refractivity contribution in [2.75, 3.05) is 7.11 Å². The van der Waals surface area contributed by atoms with Gasteiger partial charge in [-0.15, -0.1) is 0 Å². The molecule has 0 aromatic heterocycles. The Morgan fingerprint density at radius 3 is 2.05 bits per heavy atom. The molecule has 0 heterocycles. The highest BCUT2D eigenvalue weighted by Gasteiger charge is 2.26. The number of rotatable bonds is 4. The van der Waals surface area contributed by atoms with Gasteiger partial charge in [-0.25, -0.2) is 9.59 Å². The van der Waals surface area contributed by atoms with Crippen molar-refractivity contribution in [3.8, 4) is 0 Å². The van der Waals surface area contributed by atoms with Gasteiger partial charge in [-0.1, -0.05) is 12.1 Å². The van der Waals surface area contributed by atoms with Crippen molar-refractivity contribution >= 4 is 11.9 Å². The van der Waals surface area contributed by atoms with Crippen molar-refractivity contribution in [3.05, 3.63) is 35.4 Å². The van der Waals surface area contributed by atoms with Crippen LogP contribution >= 0.6 is 0 Å². The highest BCUT2D eigenvalue weighted by atomic mass is 16.6. The second-order valence-electron chi connectivity index (χ2n) is 5.54. The number of methoxy groups -OCH3 is 1. The van der Waals surface area contributed by atoms with E-state index in [0.29, 0.717) is 11.1 Å². The van der Waals surface area contributed by atoms with Crippen LogP contribution in [0.2, 0.25) is 0 Å². The first kappa shape index (κ1) is 17.1. The smallest absolute Gasteiger partial charge is 0.338 e. The van der Waals surface area contributed by atoms with Gasteiger partial charge < -0.3 is 19.7 Å². The summed E-state index contributed by atoms with van der Waals surface area (Å²) >= 11 is 0. The average Bonchev–Trinajstić information content (AvgIpc) is 2.43. The van der Waals surface area contributed by atoms with E-state index in [1.54, 1.807) is 20.8 Å². The minimum absolute atomic E-state index is 0.292. The molecule has 0 spiro atoms. The number of hydrogen-bond donors (Lipinski definition) is 2. The van der Waals surface area contributed by atoms with E-state index in [0.717, 1.165) is 7.11 Å². The van der Waals surface area contributed by atoms with Crippen molar-refractivity contribution in [1.29, 1.82) is 0 Å². The molecule has 2 N–H and O–H groups in total. The van der Waals surface area contributed by atoms with E-state index >= 15 is 0 Å². The van der Waals surface area contributed by atoms with Gasteiger partial charge in [0.1, 0.15) is 11.7 Å². The van der Waals surface area contributed by atoms with Gasteiger partial charge in [0.25, 0.3) is 0 Å². The molecule has 0 fully saturated rings. The van der Waals surface area contributed by atoms with Crippen LogP contribution in [0.4, 0.5) is 0 Å². The first-order chi connectivity index (χ1) is 9.65. The van der Waals surface area contributed by atoms with Gasteiger partial charge >= 0.3 is 11.9 Å². The number of aliphatic hydroxyl groups is 2. The Hall–Kier alpha value is -1.92. The van der Waals surface area contributed by atoms with Crippen LogP contribution in [0.25, 0.3) is 0 Å². The molecule has 0 aliphatic rings. The SMILES string of the molecule is COC(=O)C(O)C(O)c1ccc(C(=O)OC(C)(C)C)cc1. The van der Waals surface area contributed by atoms with Gasteiger partial charge in [-0.3, -0.25) is 0 Å². The van der Waals surface area contributed by atoms with Crippen molar-refractivity contribution in [3.63, 3.8) is 0 Å². The molecule has 2 atom stereocenters. The molecule has 1 aromatic carbocycles. The summed E-state index contributed by atoms with van der Waals surface area (Å²) in [7, 11) is 1.11. The standard InChI is InChI=1S/C15H20O6/c1-15(2,3)21-13(18)10-7-5-9(6-8-10)11(16)12(17)14(19)20-4/h5-8,11-12,16-17H,1-4H3. The van der Waals surface area contributed by atoms with E-state index in [2.05, 4.69) is 4.74 Å². The Morgan fingerprint density at radius 1 is 1.10 bits per heavy atom. The zero-order valence-corrected chi connectivity index (χ0v) is 12.5. The summed E-state index contributed by atoms with van der Waals surface area (Å²) in [6, 6.07) is 5.79. The molecule has 0 radical (unpaired) electrons. The molecule has 0 aliphatic carbocycles. The van der Waals surface area contributed by atoms with E-state index in [9.17, 15) is 19.8 Å². The summed E-state index contributed by atoms with van der Waals surface area (Å²) in [6.45, 7) is 5.28. The van der Waals surface area contributed by atoms with Gasteiger partial charge in [0, 0.05) is 0 Å². The highest BCUT2D eigenvalue weighted by Crippen LogP contribution is 2.19. The monoisotopic (exact) mass is 296 g/mol. The fraction of sp³-hybridized carbons (Fsp3) is 0.467. The normalized spacial score (nSPS) is 14.2. The van der Waals surface area contributed by atoms with Crippen LogP contribution in [0.5, 0.6) is 0 Å². The van der Waals surface area contributed by atoms with Crippen LogP contribution in [0, 0.1) is 0 Å². The Bertz CT molecular complexity index is 500. The van der Waals surface area contributed by atoms with E-state index in [-0.39, 0.29) is 0 Å². The van der Waals surface area contributed by atoms with E-state index < -0.39 is 29.7 Å². The van der Waals surface area contributed by atoms with Crippen molar-refractivity contribution < 1.29 is 29.3 Å². The van der Waals surface area contributed by atoms with Gasteiger partial charge in [0.15, 0.2) is 6.10 Å². The van der Waals surface area contributed by atoms with Crippen LogP contribution in [0.15, 0.2) is 24.3 Å². The fourth-order valence-electron chi connectivity index (χ4n) is 1.59. The maximum Gasteiger partial charge on any atom is 0.338 e. The van der Waals surface area contributed by atoms with E-state index in [1.165, 1.54) is 24.3 Å². The van der Waals surface area contributed by atoms with Crippen LogP contribution in [-0.2, 0) is 14.3 Å². The maximum absolute atomic E-state index is 11.8. The second kappa shape index (κ2) is 6.69. The zero-order chi connectivity index (χ0) is 16.2. The van der Waals surface area contributed by atoms with Gasteiger partial charge in [0.2, 0.25) is 0 Å². The van der Waals surface area contributed by atoms with Gasteiger partial charge in [-0.2, -0.15) is 0 Å². The lowest BCUT2D eigenvalue weighted by atomic mass is 10.0. The van der Waals surface area contributed by atoms with Crippen molar-refractivity contribution in [2.45, 2.75) is 38.6 Å². The predicted molar refractivity (Wildman–Crippen MR) is 74.6 cm³/mol. The number of benzene rings is 1. The Morgan fingerprint density at radius 2 is 1.62 bits per heavy atom. The summed E-state index contributed by atoms with van der Waals surface area (Å²) < 4.78 is 9.55. The summed E-state index contributed by atoms with van der Waals surface area (Å²) in [5, 5.41) is 19.4. The summed E-state index contributed by atoms with van der Waals surface area (Å²) in [4.78, 5) is 23.0. The number of carbonyl (C=O) groups excluding carboxylic acids is 2. The van der Waals surface area contributed by atoms with E-state index in [4.69, 9.17) is 4.74 Å². The third kappa shape index (κ3) is 4.84. The van der Waals surface area contributed by atoms with Crippen LogP contribution < -0.4 is 0 Å². The van der Waals surface area contributed by atoms with Gasteiger partial charge in [0.05, 0.1) is 12.7 Å².